The highest BCUT2D eigenvalue weighted by atomic mass is 32.1. The van der Waals surface area contributed by atoms with Crippen molar-refractivity contribution in [1.82, 2.24) is 9.88 Å². The Morgan fingerprint density at radius 3 is 2.94 bits per heavy atom. The van der Waals surface area contributed by atoms with Crippen LogP contribution in [0.5, 0.6) is 0 Å². The Labute approximate surface area is 116 Å². The van der Waals surface area contributed by atoms with Gasteiger partial charge < -0.3 is 5.11 Å². The standard InChI is InChI=1S/C13H18N2OS2/c1-2-15(5-3-6-16)8-12-10-18-13(14-12)11-4-7-17-9-11/h4,7,9-10,16H,2-3,5-6,8H2,1H3. The third-order valence-corrected chi connectivity index (χ3v) is 4.41. The SMILES string of the molecule is CCN(CCCO)Cc1csc(-c2ccsc2)n1. The molecule has 0 radical (unpaired) electrons. The normalized spacial score (nSPS) is 11.3. The van der Waals surface area contributed by atoms with Gasteiger partial charge in [0.05, 0.1) is 5.69 Å². The quantitative estimate of drug-likeness (QED) is 0.848. The Hall–Kier alpha value is -0.750. The minimum atomic E-state index is 0.258. The maximum absolute atomic E-state index is 8.87. The van der Waals surface area contributed by atoms with Crippen LogP contribution in [0, 0.1) is 0 Å². The number of rotatable bonds is 7. The molecule has 0 saturated heterocycles. The van der Waals surface area contributed by atoms with Crippen molar-refractivity contribution in [2.45, 2.75) is 19.9 Å². The number of aromatic nitrogens is 1. The van der Waals surface area contributed by atoms with Gasteiger partial charge in [0.15, 0.2) is 0 Å². The summed E-state index contributed by atoms with van der Waals surface area (Å²) in [6, 6.07) is 2.11. The molecular formula is C13H18N2OS2. The van der Waals surface area contributed by atoms with E-state index >= 15 is 0 Å². The maximum atomic E-state index is 8.87. The molecule has 0 fully saturated rings. The first-order valence-corrected chi connectivity index (χ1v) is 7.96. The van der Waals surface area contributed by atoms with E-state index in [1.807, 2.05) is 0 Å². The van der Waals surface area contributed by atoms with E-state index in [1.54, 1.807) is 22.7 Å². The summed E-state index contributed by atoms with van der Waals surface area (Å²) in [5, 5.41) is 16.3. The molecule has 0 aliphatic rings. The zero-order valence-corrected chi connectivity index (χ0v) is 12.1. The van der Waals surface area contributed by atoms with Gasteiger partial charge in [0.2, 0.25) is 0 Å². The van der Waals surface area contributed by atoms with Gasteiger partial charge in [-0.2, -0.15) is 11.3 Å². The summed E-state index contributed by atoms with van der Waals surface area (Å²) in [5.41, 5.74) is 2.34. The lowest BCUT2D eigenvalue weighted by molar-refractivity contribution is 0.224. The molecule has 0 spiro atoms. The molecule has 0 saturated carbocycles. The van der Waals surface area contributed by atoms with Gasteiger partial charge in [-0.3, -0.25) is 4.90 Å². The third kappa shape index (κ3) is 3.62. The largest absolute Gasteiger partial charge is 0.396 e. The first-order valence-electron chi connectivity index (χ1n) is 6.13. The van der Waals surface area contributed by atoms with E-state index < -0.39 is 0 Å². The summed E-state index contributed by atoms with van der Waals surface area (Å²) in [5.74, 6) is 0. The maximum Gasteiger partial charge on any atom is 0.124 e. The van der Waals surface area contributed by atoms with Gasteiger partial charge in [-0.15, -0.1) is 11.3 Å². The minimum absolute atomic E-state index is 0.258. The second kappa shape index (κ2) is 6.99. The van der Waals surface area contributed by atoms with Gasteiger partial charge in [0.25, 0.3) is 0 Å². The molecule has 98 valence electrons. The summed E-state index contributed by atoms with van der Waals surface area (Å²) >= 11 is 3.40. The van der Waals surface area contributed by atoms with E-state index in [1.165, 1.54) is 5.56 Å². The molecule has 0 atom stereocenters. The Morgan fingerprint density at radius 2 is 2.28 bits per heavy atom. The van der Waals surface area contributed by atoms with Crippen LogP contribution in [-0.2, 0) is 6.54 Å². The lowest BCUT2D eigenvalue weighted by atomic mass is 10.3. The first kappa shape index (κ1) is 13.7. The molecule has 0 aliphatic heterocycles. The molecule has 2 heterocycles. The van der Waals surface area contributed by atoms with Crippen molar-refractivity contribution in [3.63, 3.8) is 0 Å². The van der Waals surface area contributed by atoms with Crippen LogP contribution in [-0.4, -0.2) is 34.7 Å². The van der Waals surface area contributed by atoms with Gasteiger partial charge >= 0.3 is 0 Å². The number of hydrogen-bond donors (Lipinski definition) is 1. The lowest BCUT2D eigenvalue weighted by Crippen LogP contribution is -2.24. The van der Waals surface area contributed by atoms with Gasteiger partial charge in [0.1, 0.15) is 5.01 Å². The highest BCUT2D eigenvalue weighted by Gasteiger charge is 2.08. The molecule has 2 aromatic rings. The summed E-state index contributed by atoms with van der Waals surface area (Å²) in [6.45, 7) is 5.19. The predicted molar refractivity (Wildman–Crippen MR) is 78.1 cm³/mol. The molecule has 1 N–H and O–H groups in total. The number of thiazole rings is 1. The van der Waals surface area contributed by atoms with Crippen LogP contribution in [0.3, 0.4) is 0 Å². The molecular weight excluding hydrogens is 264 g/mol. The van der Waals surface area contributed by atoms with Crippen molar-refractivity contribution in [3.8, 4) is 10.6 Å². The van der Waals surface area contributed by atoms with Gasteiger partial charge in [-0.05, 0) is 24.4 Å². The fourth-order valence-electron chi connectivity index (χ4n) is 1.77. The van der Waals surface area contributed by atoms with Crippen LogP contribution in [0.1, 0.15) is 19.0 Å². The summed E-state index contributed by atoms with van der Waals surface area (Å²) in [7, 11) is 0. The third-order valence-electron chi connectivity index (χ3n) is 2.79. The summed E-state index contributed by atoms with van der Waals surface area (Å²) in [4.78, 5) is 6.98. The van der Waals surface area contributed by atoms with Gasteiger partial charge in [0, 0.05) is 36.0 Å². The number of nitrogens with zero attached hydrogens (tertiary/aromatic N) is 2. The van der Waals surface area contributed by atoms with Gasteiger partial charge in [-0.1, -0.05) is 6.92 Å². The smallest absolute Gasteiger partial charge is 0.124 e. The number of aliphatic hydroxyl groups is 1. The van der Waals surface area contributed by atoms with Crippen LogP contribution in [0.2, 0.25) is 0 Å². The highest BCUT2D eigenvalue weighted by molar-refractivity contribution is 7.14. The van der Waals surface area contributed by atoms with Crippen LogP contribution in [0.15, 0.2) is 22.2 Å². The van der Waals surface area contributed by atoms with Crippen molar-refractivity contribution >= 4 is 22.7 Å². The molecule has 0 amide bonds. The fraction of sp³-hybridized carbons (Fsp3) is 0.462. The first-order chi connectivity index (χ1) is 8.83. The van der Waals surface area contributed by atoms with E-state index in [9.17, 15) is 0 Å². The second-order valence-corrected chi connectivity index (χ2v) is 5.74. The molecule has 2 rings (SSSR count). The molecule has 18 heavy (non-hydrogen) atoms. The van der Waals surface area contributed by atoms with Crippen LogP contribution >= 0.6 is 22.7 Å². The number of hydrogen-bond acceptors (Lipinski definition) is 5. The number of aliphatic hydroxyl groups excluding tert-OH is 1. The van der Waals surface area contributed by atoms with Crippen LogP contribution in [0.4, 0.5) is 0 Å². The highest BCUT2D eigenvalue weighted by Crippen LogP contribution is 2.26. The average molecular weight is 282 g/mol. The zero-order chi connectivity index (χ0) is 12.8. The second-order valence-electron chi connectivity index (χ2n) is 4.10. The van der Waals surface area contributed by atoms with Crippen molar-refractivity contribution in [1.29, 1.82) is 0 Å². The molecule has 0 aliphatic carbocycles. The molecule has 0 bridgehead atoms. The Bertz CT molecular complexity index is 453. The van der Waals surface area contributed by atoms with Crippen molar-refractivity contribution < 1.29 is 5.11 Å². The van der Waals surface area contributed by atoms with Crippen molar-refractivity contribution in [2.24, 2.45) is 0 Å². The average Bonchev–Trinajstić information content (AvgIpc) is 3.04. The van der Waals surface area contributed by atoms with E-state index in [0.717, 1.165) is 36.8 Å². The number of thiophene rings is 1. The summed E-state index contributed by atoms with van der Waals surface area (Å²) < 4.78 is 0. The zero-order valence-electron chi connectivity index (χ0n) is 10.5. The molecule has 5 heteroatoms. The van der Waals surface area contributed by atoms with Crippen molar-refractivity contribution in [2.75, 3.05) is 19.7 Å². The van der Waals surface area contributed by atoms with Crippen LogP contribution < -0.4 is 0 Å². The lowest BCUT2D eigenvalue weighted by Gasteiger charge is -2.18. The minimum Gasteiger partial charge on any atom is -0.396 e. The fourth-order valence-corrected chi connectivity index (χ4v) is 3.29. The topological polar surface area (TPSA) is 36.4 Å². The predicted octanol–water partition coefficient (Wildman–Crippen LogP) is 3.08. The van der Waals surface area contributed by atoms with E-state index in [4.69, 9.17) is 5.11 Å². The Balaban J connectivity index is 1.97. The Kier molecular flexibility index (Phi) is 5.31. The van der Waals surface area contributed by atoms with Crippen molar-refractivity contribution in [3.05, 3.63) is 27.9 Å². The van der Waals surface area contributed by atoms with E-state index in [-0.39, 0.29) is 6.61 Å². The molecule has 0 unspecified atom stereocenters. The Morgan fingerprint density at radius 1 is 1.39 bits per heavy atom. The van der Waals surface area contributed by atoms with E-state index in [2.05, 4.69) is 39.0 Å². The molecule has 0 aromatic carbocycles. The monoisotopic (exact) mass is 282 g/mol. The van der Waals surface area contributed by atoms with Crippen LogP contribution in [0.25, 0.3) is 10.6 Å². The van der Waals surface area contributed by atoms with E-state index in [0.29, 0.717) is 0 Å². The summed E-state index contributed by atoms with van der Waals surface area (Å²) in [6.07, 6.45) is 0.829. The molecule has 3 nitrogen and oxygen atoms in total. The molecule has 2 aromatic heterocycles. The van der Waals surface area contributed by atoms with Gasteiger partial charge in [-0.25, -0.2) is 4.98 Å².